The molecule has 0 amide bonds. The van der Waals surface area contributed by atoms with Gasteiger partial charge in [-0.2, -0.15) is 0 Å². The minimum Gasteiger partial charge on any atom is -0.489 e. The van der Waals surface area contributed by atoms with E-state index in [2.05, 4.69) is 11.8 Å². The number of nitrogens with two attached hydrogens (primary N) is 1. The molecule has 2 aromatic rings. The molecule has 2 aromatic carbocycles. The highest BCUT2D eigenvalue weighted by Crippen LogP contribution is 2.14. The molecule has 2 rings (SSSR count). The predicted octanol–water partition coefficient (Wildman–Crippen LogP) is 2.71. The second-order valence-electron chi connectivity index (χ2n) is 3.95. The smallest absolute Gasteiger partial charge is 0.123 e. The van der Waals surface area contributed by atoms with Gasteiger partial charge in [-0.05, 0) is 42.0 Å². The average Bonchev–Trinajstić information content (AvgIpc) is 2.45. The van der Waals surface area contributed by atoms with Crippen LogP contribution in [-0.4, -0.2) is 6.54 Å². The molecule has 0 atom stereocenters. The third-order valence-corrected chi connectivity index (χ3v) is 2.48. The van der Waals surface area contributed by atoms with E-state index in [4.69, 9.17) is 10.5 Å². The Labute approximate surface area is 112 Å². The van der Waals surface area contributed by atoms with Gasteiger partial charge >= 0.3 is 0 Å². The zero-order chi connectivity index (χ0) is 13.5. The molecule has 19 heavy (non-hydrogen) atoms. The fraction of sp³-hybridized carbons (Fsp3) is 0.125. The van der Waals surface area contributed by atoms with Crippen LogP contribution in [0, 0.1) is 17.7 Å². The van der Waals surface area contributed by atoms with Gasteiger partial charge in [-0.1, -0.05) is 24.0 Å². The van der Waals surface area contributed by atoms with Crippen molar-refractivity contribution in [1.29, 1.82) is 0 Å². The Hall–Kier alpha value is -2.31. The summed E-state index contributed by atoms with van der Waals surface area (Å²) < 4.78 is 18.3. The summed E-state index contributed by atoms with van der Waals surface area (Å²) >= 11 is 0. The van der Waals surface area contributed by atoms with E-state index in [1.165, 1.54) is 12.1 Å². The second kappa shape index (κ2) is 6.58. The fourth-order valence-corrected chi connectivity index (χ4v) is 1.59. The van der Waals surface area contributed by atoms with Crippen LogP contribution < -0.4 is 10.5 Å². The number of hydrogen-bond acceptors (Lipinski definition) is 2. The molecule has 0 aliphatic carbocycles. The van der Waals surface area contributed by atoms with Crippen molar-refractivity contribution in [3.8, 4) is 17.6 Å². The molecule has 0 aliphatic heterocycles. The minimum absolute atomic E-state index is 0.272. The molecule has 0 spiro atoms. The molecule has 0 bridgehead atoms. The van der Waals surface area contributed by atoms with Crippen molar-refractivity contribution < 1.29 is 9.13 Å². The molecule has 2 N–H and O–H groups in total. The number of hydrogen-bond donors (Lipinski definition) is 1. The zero-order valence-corrected chi connectivity index (χ0v) is 10.4. The Balaban J connectivity index is 2.01. The van der Waals surface area contributed by atoms with Crippen molar-refractivity contribution in [2.75, 3.05) is 6.54 Å². The summed E-state index contributed by atoms with van der Waals surface area (Å²) in [5.41, 5.74) is 7.25. The van der Waals surface area contributed by atoms with Crippen LogP contribution in [0.1, 0.15) is 11.1 Å². The molecule has 0 saturated carbocycles. The van der Waals surface area contributed by atoms with Gasteiger partial charge in [-0.15, -0.1) is 0 Å². The van der Waals surface area contributed by atoms with E-state index in [1.807, 2.05) is 24.3 Å². The largest absolute Gasteiger partial charge is 0.489 e. The van der Waals surface area contributed by atoms with Crippen LogP contribution in [0.3, 0.4) is 0 Å². The molecule has 0 saturated heterocycles. The van der Waals surface area contributed by atoms with Crippen molar-refractivity contribution in [3.63, 3.8) is 0 Å². The van der Waals surface area contributed by atoms with E-state index < -0.39 is 0 Å². The lowest BCUT2D eigenvalue weighted by molar-refractivity contribution is 0.305. The summed E-state index contributed by atoms with van der Waals surface area (Å²) in [5.74, 6) is 6.14. The normalized spacial score (nSPS) is 9.58. The third kappa shape index (κ3) is 4.13. The lowest BCUT2D eigenvalue weighted by atomic mass is 10.1. The van der Waals surface area contributed by atoms with E-state index in [9.17, 15) is 4.39 Å². The molecular formula is C16H14FNO. The molecular weight excluding hydrogens is 241 g/mol. The first kappa shape index (κ1) is 13.1. The van der Waals surface area contributed by atoms with Gasteiger partial charge < -0.3 is 10.5 Å². The molecule has 96 valence electrons. The highest BCUT2D eigenvalue weighted by Gasteiger charge is 1.97. The Morgan fingerprint density at radius 2 is 1.89 bits per heavy atom. The van der Waals surface area contributed by atoms with E-state index in [-0.39, 0.29) is 5.82 Å². The molecule has 0 fully saturated rings. The molecule has 0 radical (unpaired) electrons. The highest BCUT2D eigenvalue weighted by molar-refractivity contribution is 5.37. The van der Waals surface area contributed by atoms with Gasteiger partial charge in [-0.3, -0.25) is 0 Å². The average molecular weight is 255 g/mol. The van der Waals surface area contributed by atoms with Crippen LogP contribution in [0.5, 0.6) is 5.75 Å². The fourth-order valence-electron chi connectivity index (χ4n) is 1.59. The van der Waals surface area contributed by atoms with Crippen LogP contribution in [0.15, 0.2) is 48.5 Å². The molecule has 2 nitrogen and oxygen atoms in total. The summed E-state index contributed by atoms with van der Waals surface area (Å²) in [5, 5.41) is 0. The number of halogens is 1. The van der Waals surface area contributed by atoms with Crippen LogP contribution in [0.25, 0.3) is 0 Å². The third-order valence-electron chi connectivity index (χ3n) is 2.48. The van der Waals surface area contributed by atoms with Gasteiger partial charge in [-0.25, -0.2) is 4.39 Å². The van der Waals surface area contributed by atoms with E-state index in [0.29, 0.717) is 18.9 Å². The second-order valence-corrected chi connectivity index (χ2v) is 3.95. The standard InChI is InChI=1S/C16H14FNO/c17-15-6-8-16(9-7-15)19-12-14-4-1-3-13(11-14)5-2-10-18/h1,3-4,6-9,11H,10,12,18H2. The van der Waals surface area contributed by atoms with Gasteiger partial charge in [0.1, 0.15) is 18.2 Å². The number of benzene rings is 2. The monoisotopic (exact) mass is 255 g/mol. The predicted molar refractivity (Wildman–Crippen MR) is 73.1 cm³/mol. The Bertz CT molecular complexity index is 596. The lowest BCUT2D eigenvalue weighted by Crippen LogP contribution is -1.96. The molecule has 0 aromatic heterocycles. The minimum atomic E-state index is -0.272. The van der Waals surface area contributed by atoms with Crippen LogP contribution in [0.2, 0.25) is 0 Å². The summed E-state index contributed by atoms with van der Waals surface area (Å²) in [6.45, 7) is 0.764. The van der Waals surface area contributed by atoms with Crippen molar-refractivity contribution in [3.05, 3.63) is 65.5 Å². The van der Waals surface area contributed by atoms with Crippen LogP contribution in [-0.2, 0) is 6.61 Å². The maximum absolute atomic E-state index is 12.7. The highest BCUT2D eigenvalue weighted by atomic mass is 19.1. The van der Waals surface area contributed by atoms with Gasteiger partial charge in [0.15, 0.2) is 0 Å². The quantitative estimate of drug-likeness (QED) is 0.856. The molecule has 0 heterocycles. The van der Waals surface area contributed by atoms with Gasteiger partial charge in [0.25, 0.3) is 0 Å². The first-order valence-electron chi connectivity index (χ1n) is 5.94. The van der Waals surface area contributed by atoms with E-state index >= 15 is 0 Å². The summed E-state index contributed by atoms with van der Waals surface area (Å²) in [6, 6.07) is 13.7. The molecule has 3 heteroatoms. The van der Waals surface area contributed by atoms with Crippen molar-refractivity contribution in [1.82, 2.24) is 0 Å². The van der Waals surface area contributed by atoms with Gasteiger partial charge in [0.2, 0.25) is 0 Å². The van der Waals surface area contributed by atoms with Crippen molar-refractivity contribution in [2.45, 2.75) is 6.61 Å². The van der Waals surface area contributed by atoms with Crippen LogP contribution in [0.4, 0.5) is 4.39 Å². The zero-order valence-electron chi connectivity index (χ0n) is 10.4. The summed E-state index contributed by atoms with van der Waals surface area (Å²) in [4.78, 5) is 0. The first-order valence-corrected chi connectivity index (χ1v) is 5.94. The maximum atomic E-state index is 12.7. The van der Waals surface area contributed by atoms with Gasteiger partial charge in [0.05, 0.1) is 6.54 Å². The van der Waals surface area contributed by atoms with Crippen molar-refractivity contribution >= 4 is 0 Å². The maximum Gasteiger partial charge on any atom is 0.123 e. The number of ether oxygens (including phenoxy) is 1. The van der Waals surface area contributed by atoms with E-state index in [1.54, 1.807) is 12.1 Å². The van der Waals surface area contributed by atoms with Crippen molar-refractivity contribution in [2.24, 2.45) is 5.73 Å². The molecule has 0 unspecified atom stereocenters. The van der Waals surface area contributed by atoms with E-state index in [0.717, 1.165) is 11.1 Å². The SMILES string of the molecule is NCC#Cc1cccc(COc2ccc(F)cc2)c1. The van der Waals surface area contributed by atoms with Crippen LogP contribution >= 0.6 is 0 Å². The number of rotatable bonds is 3. The Morgan fingerprint density at radius 3 is 2.63 bits per heavy atom. The Kier molecular flexibility index (Phi) is 4.54. The molecule has 0 aliphatic rings. The Morgan fingerprint density at radius 1 is 1.11 bits per heavy atom. The first-order chi connectivity index (χ1) is 9.28. The lowest BCUT2D eigenvalue weighted by Gasteiger charge is -2.06. The van der Waals surface area contributed by atoms with Gasteiger partial charge in [0, 0.05) is 5.56 Å². The summed E-state index contributed by atoms with van der Waals surface area (Å²) in [6.07, 6.45) is 0. The summed E-state index contributed by atoms with van der Waals surface area (Å²) in [7, 11) is 0. The topological polar surface area (TPSA) is 35.2 Å².